The van der Waals surface area contributed by atoms with Crippen LogP contribution in [0.2, 0.25) is 0 Å². The van der Waals surface area contributed by atoms with Crippen LogP contribution in [0.1, 0.15) is 61.9 Å². The van der Waals surface area contributed by atoms with Crippen LogP contribution in [0.4, 0.5) is 0 Å². The number of carbonyl (C=O) groups excluding carboxylic acids is 1. The Balaban J connectivity index is 1.92. The van der Waals surface area contributed by atoms with Crippen molar-refractivity contribution in [1.82, 2.24) is 9.62 Å². The van der Waals surface area contributed by atoms with E-state index in [9.17, 15) is 13.2 Å². The summed E-state index contributed by atoms with van der Waals surface area (Å²) in [4.78, 5) is 15.2. The lowest BCUT2D eigenvalue weighted by Gasteiger charge is -2.29. The van der Waals surface area contributed by atoms with Crippen molar-refractivity contribution in [3.8, 4) is 5.75 Å². The molecule has 6 nitrogen and oxygen atoms in total. The zero-order valence-corrected chi connectivity index (χ0v) is 19.3. The molecule has 0 bridgehead atoms. The molecular formula is C24H32N2O4S. The Bertz CT molecular complexity index is 986. The van der Waals surface area contributed by atoms with E-state index in [2.05, 4.69) is 4.72 Å². The largest absolute Gasteiger partial charge is 0.495 e. The molecule has 0 saturated heterocycles. The molecule has 31 heavy (non-hydrogen) atoms. The first-order chi connectivity index (χ1) is 14.9. The van der Waals surface area contributed by atoms with Crippen LogP contribution in [0.3, 0.4) is 0 Å². The molecule has 2 aromatic carbocycles. The molecule has 0 spiro atoms. The molecule has 2 aromatic rings. The molecule has 0 heterocycles. The first kappa shape index (κ1) is 23.3. The van der Waals surface area contributed by atoms with Crippen LogP contribution < -0.4 is 9.46 Å². The van der Waals surface area contributed by atoms with Gasteiger partial charge in [-0.15, -0.1) is 0 Å². The number of rotatable bonds is 9. The maximum Gasteiger partial charge on any atom is 0.254 e. The van der Waals surface area contributed by atoms with Gasteiger partial charge < -0.3 is 9.64 Å². The first-order valence-corrected chi connectivity index (χ1v) is 12.4. The van der Waals surface area contributed by atoms with Gasteiger partial charge >= 0.3 is 0 Å². The second-order valence-electron chi connectivity index (χ2n) is 8.14. The number of methoxy groups -OCH3 is 1. The molecule has 1 aliphatic carbocycles. The molecule has 1 N–H and O–H groups in total. The van der Waals surface area contributed by atoms with Gasteiger partial charge in [-0.3, -0.25) is 4.79 Å². The number of nitrogens with one attached hydrogen (secondary N) is 1. The zero-order chi connectivity index (χ0) is 22.4. The summed E-state index contributed by atoms with van der Waals surface area (Å²) in [6, 6.07) is 14.4. The summed E-state index contributed by atoms with van der Waals surface area (Å²) < 4.78 is 34.2. The molecule has 0 aromatic heterocycles. The van der Waals surface area contributed by atoms with Crippen LogP contribution in [0.15, 0.2) is 53.4 Å². The van der Waals surface area contributed by atoms with Gasteiger partial charge in [-0.1, -0.05) is 50.1 Å². The zero-order valence-electron chi connectivity index (χ0n) is 18.5. The number of amides is 1. The quantitative estimate of drug-likeness (QED) is 0.624. The normalized spacial score (nSPS) is 15.6. The van der Waals surface area contributed by atoms with Crippen molar-refractivity contribution in [3.05, 3.63) is 59.7 Å². The third-order valence-electron chi connectivity index (χ3n) is 5.96. The van der Waals surface area contributed by atoms with Gasteiger partial charge in [-0.25, -0.2) is 13.1 Å². The molecule has 1 unspecified atom stereocenters. The van der Waals surface area contributed by atoms with Gasteiger partial charge in [0.25, 0.3) is 5.91 Å². The Morgan fingerprint density at radius 1 is 1.16 bits per heavy atom. The van der Waals surface area contributed by atoms with Crippen LogP contribution in [0.25, 0.3) is 0 Å². The number of sulfonamides is 1. The average molecular weight is 445 g/mol. The lowest BCUT2D eigenvalue weighted by molar-refractivity contribution is 0.0671. The summed E-state index contributed by atoms with van der Waals surface area (Å²) in [5, 5.41) is 0. The third-order valence-corrected chi connectivity index (χ3v) is 7.50. The lowest BCUT2D eigenvalue weighted by Crippen LogP contribution is -2.38. The van der Waals surface area contributed by atoms with E-state index in [1.165, 1.54) is 13.2 Å². The maximum atomic E-state index is 13.4. The van der Waals surface area contributed by atoms with Crippen LogP contribution >= 0.6 is 0 Å². The van der Waals surface area contributed by atoms with Gasteiger partial charge in [-0.05, 0) is 49.9 Å². The van der Waals surface area contributed by atoms with Gasteiger partial charge in [0, 0.05) is 24.2 Å². The Labute approximate surface area is 185 Å². The number of hydrogen-bond donors (Lipinski definition) is 1. The van der Waals surface area contributed by atoms with Crippen molar-refractivity contribution >= 4 is 15.9 Å². The van der Waals surface area contributed by atoms with E-state index in [1.54, 1.807) is 17.0 Å². The Morgan fingerprint density at radius 3 is 2.45 bits per heavy atom. The minimum absolute atomic E-state index is 0.00600. The predicted octanol–water partition coefficient (Wildman–Crippen LogP) is 4.36. The van der Waals surface area contributed by atoms with E-state index in [0.717, 1.165) is 37.7 Å². The smallest absolute Gasteiger partial charge is 0.254 e. The van der Waals surface area contributed by atoms with Gasteiger partial charge in [0.2, 0.25) is 10.0 Å². The summed E-state index contributed by atoms with van der Waals surface area (Å²) >= 11 is 0. The van der Waals surface area contributed by atoms with Crippen LogP contribution in [0.5, 0.6) is 5.75 Å². The van der Waals surface area contributed by atoms with E-state index >= 15 is 0 Å². The number of carbonyl (C=O) groups is 1. The van der Waals surface area contributed by atoms with Crippen molar-refractivity contribution in [2.24, 2.45) is 0 Å². The van der Waals surface area contributed by atoms with Gasteiger partial charge in [-0.2, -0.15) is 0 Å². The fraction of sp³-hybridized carbons (Fsp3) is 0.458. The molecule has 1 fully saturated rings. The Morgan fingerprint density at radius 2 is 1.84 bits per heavy atom. The van der Waals surface area contributed by atoms with E-state index in [4.69, 9.17) is 4.74 Å². The summed E-state index contributed by atoms with van der Waals surface area (Å²) in [6.07, 6.45) is 4.50. The van der Waals surface area contributed by atoms with E-state index in [0.29, 0.717) is 12.1 Å². The van der Waals surface area contributed by atoms with E-state index < -0.39 is 10.0 Å². The summed E-state index contributed by atoms with van der Waals surface area (Å²) in [5.41, 5.74) is 1.37. The molecule has 3 rings (SSSR count). The van der Waals surface area contributed by atoms with Crippen LogP contribution in [-0.2, 0) is 16.6 Å². The van der Waals surface area contributed by atoms with Gasteiger partial charge in [0.15, 0.2) is 0 Å². The predicted molar refractivity (Wildman–Crippen MR) is 122 cm³/mol. The molecule has 1 aliphatic rings. The second kappa shape index (κ2) is 10.3. The molecule has 168 valence electrons. The summed E-state index contributed by atoms with van der Waals surface area (Å²) in [6.45, 7) is 4.50. The molecule has 0 radical (unpaired) electrons. The third kappa shape index (κ3) is 5.66. The fourth-order valence-electron chi connectivity index (χ4n) is 3.94. The van der Waals surface area contributed by atoms with Crippen molar-refractivity contribution in [3.63, 3.8) is 0 Å². The van der Waals surface area contributed by atoms with Crippen molar-refractivity contribution in [2.45, 2.75) is 69.5 Å². The fourth-order valence-corrected chi connectivity index (χ4v) is 5.44. The highest BCUT2D eigenvalue weighted by molar-refractivity contribution is 7.89. The Hall–Kier alpha value is -2.38. The molecule has 1 atom stereocenters. The molecular weight excluding hydrogens is 412 g/mol. The first-order valence-electron chi connectivity index (χ1n) is 10.9. The van der Waals surface area contributed by atoms with Crippen LogP contribution in [-0.4, -0.2) is 38.4 Å². The highest BCUT2D eigenvalue weighted by atomic mass is 32.2. The summed E-state index contributed by atoms with van der Waals surface area (Å²) in [7, 11) is -2.36. The lowest BCUT2D eigenvalue weighted by atomic mass is 10.1. The molecule has 1 saturated carbocycles. The summed E-state index contributed by atoms with van der Waals surface area (Å²) in [5.74, 6) is 0.0402. The average Bonchev–Trinajstić information content (AvgIpc) is 3.29. The number of hydrogen-bond acceptors (Lipinski definition) is 4. The highest BCUT2D eigenvalue weighted by Crippen LogP contribution is 2.28. The monoisotopic (exact) mass is 444 g/mol. The van der Waals surface area contributed by atoms with Crippen molar-refractivity contribution in [2.75, 3.05) is 7.11 Å². The van der Waals surface area contributed by atoms with Gasteiger partial charge in [0.05, 0.1) is 7.11 Å². The highest BCUT2D eigenvalue weighted by Gasteiger charge is 2.28. The number of nitrogens with zero attached hydrogens (tertiary/aromatic N) is 1. The number of benzene rings is 2. The second-order valence-corrected chi connectivity index (χ2v) is 9.83. The molecule has 0 aliphatic heterocycles. The van der Waals surface area contributed by atoms with Crippen molar-refractivity contribution in [1.29, 1.82) is 0 Å². The minimum atomic E-state index is -3.80. The maximum absolute atomic E-state index is 13.4. The Kier molecular flexibility index (Phi) is 7.73. The minimum Gasteiger partial charge on any atom is -0.495 e. The molecule has 7 heteroatoms. The van der Waals surface area contributed by atoms with Gasteiger partial charge in [0.1, 0.15) is 10.6 Å². The van der Waals surface area contributed by atoms with E-state index in [-0.39, 0.29) is 28.6 Å². The molecule has 1 amide bonds. The number of ether oxygens (including phenoxy) is 1. The van der Waals surface area contributed by atoms with Crippen LogP contribution in [0, 0.1) is 0 Å². The standard InChI is InChI=1S/C24H32N2O4S/c1-4-18(2)26(17-19-10-6-5-7-11-19)24(27)20-14-15-22(30-3)23(16-20)31(28,29)25-21-12-8-9-13-21/h5-7,10-11,14-16,18,21,25H,4,8-9,12-13,17H2,1-3H3. The SMILES string of the molecule is CCC(C)N(Cc1ccccc1)C(=O)c1ccc(OC)c(S(=O)(=O)NC2CCCC2)c1. The van der Waals surface area contributed by atoms with Crippen molar-refractivity contribution < 1.29 is 17.9 Å². The van der Waals surface area contributed by atoms with E-state index in [1.807, 2.05) is 44.2 Å². The topological polar surface area (TPSA) is 75.7 Å².